The highest BCUT2D eigenvalue weighted by Crippen LogP contribution is 2.46. The molecule has 78 valence electrons. The van der Waals surface area contributed by atoms with E-state index in [4.69, 9.17) is 0 Å². The minimum Gasteiger partial charge on any atom is -0.382 e. The number of thiazole rings is 1. The smallest absolute Gasteiger partial charge is 0.126 e. The number of aliphatic hydroxyl groups is 1. The van der Waals surface area contributed by atoms with E-state index in [2.05, 4.69) is 27.8 Å². The van der Waals surface area contributed by atoms with Gasteiger partial charge in [0.05, 0.1) is 0 Å². The zero-order valence-electron chi connectivity index (χ0n) is 8.16. The summed E-state index contributed by atoms with van der Waals surface area (Å²) in [6, 6.07) is 0. The fraction of sp³-hybridized carbons (Fsp3) is 0.700. The summed E-state index contributed by atoms with van der Waals surface area (Å²) in [4.78, 5) is 4.35. The lowest BCUT2D eigenvalue weighted by Gasteiger charge is -2.26. The predicted molar refractivity (Wildman–Crippen MR) is 61.3 cm³/mol. The Morgan fingerprint density at radius 3 is 3.14 bits per heavy atom. The van der Waals surface area contributed by atoms with E-state index in [1.807, 2.05) is 5.38 Å². The van der Waals surface area contributed by atoms with Gasteiger partial charge >= 0.3 is 0 Å². The van der Waals surface area contributed by atoms with Crippen molar-refractivity contribution in [3.05, 3.63) is 15.0 Å². The molecule has 2 unspecified atom stereocenters. The number of halogens is 1. The molecule has 1 aliphatic rings. The van der Waals surface area contributed by atoms with E-state index >= 15 is 0 Å². The highest BCUT2D eigenvalue weighted by molar-refractivity contribution is 9.10. The van der Waals surface area contributed by atoms with E-state index in [1.165, 1.54) is 0 Å². The maximum Gasteiger partial charge on any atom is 0.126 e. The standard InChI is InChI=1S/C10H14BrNOS/c1-2-7-4-3-5-10(7,13)9-12-8(11)6-14-9/h6-7,13H,2-5H2,1H3. The van der Waals surface area contributed by atoms with Gasteiger partial charge in [-0.3, -0.25) is 0 Å². The third-order valence-corrected chi connectivity index (χ3v) is 4.84. The lowest BCUT2D eigenvalue weighted by atomic mass is 9.89. The average molecular weight is 276 g/mol. The average Bonchev–Trinajstić information content (AvgIpc) is 2.72. The van der Waals surface area contributed by atoms with E-state index < -0.39 is 5.60 Å². The zero-order chi connectivity index (χ0) is 10.2. The van der Waals surface area contributed by atoms with Gasteiger partial charge in [-0.15, -0.1) is 11.3 Å². The second kappa shape index (κ2) is 3.91. The SMILES string of the molecule is CCC1CCCC1(O)c1nc(Br)cs1. The second-order valence-corrected chi connectivity index (χ2v) is 5.57. The number of hydrogen-bond acceptors (Lipinski definition) is 3. The molecule has 0 amide bonds. The van der Waals surface area contributed by atoms with Crippen LogP contribution in [0.4, 0.5) is 0 Å². The molecule has 0 bridgehead atoms. The van der Waals surface area contributed by atoms with Crippen LogP contribution in [0.25, 0.3) is 0 Å². The van der Waals surface area contributed by atoms with Gasteiger partial charge in [-0.1, -0.05) is 13.3 Å². The molecule has 0 radical (unpaired) electrons. The molecule has 0 saturated heterocycles. The quantitative estimate of drug-likeness (QED) is 0.899. The number of hydrogen-bond donors (Lipinski definition) is 1. The minimum atomic E-state index is -0.647. The molecule has 1 saturated carbocycles. The third kappa shape index (κ3) is 1.64. The van der Waals surface area contributed by atoms with Gasteiger partial charge < -0.3 is 5.11 Å². The van der Waals surface area contributed by atoms with Gasteiger partial charge in [0, 0.05) is 5.38 Å². The Labute approximate surface area is 96.5 Å². The summed E-state index contributed by atoms with van der Waals surface area (Å²) in [6.07, 6.45) is 4.15. The van der Waals surface area contributed by atoms with Crippen molar-refractivity contribution in [3.8, 4) is 0 Å². The molecule has 0 aliphatic heterocycles. The Morgan fingerprint density at radius 1 is 1.79 bits per heavy atom. The van der Waals surface area contributed by atoms with Gasteiger partial charge in [0.1, 0.15) is 15.2 Å². The number of rotatable bonds is 2. The maximum atomic E-state index is 10.6. The van der Waals surface area contributed by atoms with Crippen molar-refractivity contribution >= 4 is 27.3 Å². The zero-order valence-corrected chi connectivity index (χ0v) is 10.6. The van der Waals surface area contributed by atoms with Gasteiger partial charge in [-0.25, -0.2) is 4.98 Å². The van der Waals surface area contributed by atoms with Gasteiger partial charge in [0.25, 0.3) is 0 Å². The lowest BCUT2D eigenvalue weighted by molar-refractivity contribution is -0.00414. The van der Waals surface area contributed by atoms with Crippen LogP contribution in [-0.4, -0.2) is 10.1 Å². The summed E-state index contributed by atoms with van der Waals surface area (Å²) in [5.74, 6) is 0.389. The summed E-state index contributed by atoms with van der Waals surface area (Å²) < 4.78 is 0.840. The molecule has 2 nitrogen and oxygen atoms in total. The van der Waals surface area contributed by atoms with Crippen molar-refractivity contribution in [3.63, 3.8) is 0 Å². The summed E-state index contributed by atoms with van der Waals surface area (Å²) in [5.41, 5.74) is -0.647. The normalized spacial score (nSPS) is 32.4. The van der Waals surface area contributed by atoms with Crippen LogP contribution in [0.15, 0.2) is 9.98 Å². The van der Waals surface area contributed by atoms with Crippen LogP contribution in [-0.2, 0) is 5.60 Å². The van der Waals surface area contributed by atoms with Crippen LogP contribution >= 0.6 is 27.3 Å². The fourth-order valence-corrected chi connectivity index (χ4v) is 3.80. The first-order valence-corrected chi connectivity index (χ1v) is 6.68. The first kappa shape index (κ1) is 10.6. The second-order valence-electron chi connectivity index (χ2n) is 3.90. The first-order chi connectivity index (χ1) is 6.66. The molecule has 1 aliphatic carbocycles. The summed E-state index contributed by atoms with van der Waals surface area (Å²) in [6.45, 7) is 2.14. The van der Waals surface area contributed by atoms with Crippen molar-refractivity contribution in [2.45, 2.75) is 38.2 Å². The molecule has 1 heterocycles. The van der Waals surface area contributed by atoms with Gasteiger partial charge in [0.15, 0.2) is 0 Å². The van der Waals surface area contributed by atoms with E-state index in [9.17, 15) is 5.11 Å². The van der Waals surface area contributed by atoms with Gasteiger partial charge in [-0.2, -0.15) is 0 Å². The van der Waals surface area contributed by atoms with Crippen LogP contribution < -0.4 is 0 Å². The minimum absolute atomic E-state index is 0.389. The van der Waals surface area contributed by atoms with E-state index in [-0.39, 0.29) is 0 Å². The summed E-state index contributed by atoms with van der Waals surface area (Å²) >= 11 is 4.89. The van der Waals surface area contributed by atoms with Crippen LogP contribution in [0.5, 0.6) is 0 Å². The molecule has 1 aromatic heterocycles. The van der Waals surface area contributed by atoms with Crippen molar-refractivity contribution < 1.29 is 5.11 Å². The fourth-order valence-electron chi connectivity index (χ4n) is 2.34. The molecule has 1 N–H and O–H groups in total. The summed E-state index contributed by atoms with van der Waals surface area (Å²) in [5, 5.41) is 13.4. The Kier molecular flexibility index (Phi) is 2.96. The van der Waals surface area contributed by atoms with Gasteiger partial charge in [-0.05, 0) is 41.1 Å². The van der Waals surface area contributed by atoms with E-state index in [1.54, 1.807) is 11.3 Å². The molecule has 2 atom stereocenters. The van der Waals surface area contributed by atoms with Crippen LogP contribution in [0.3, 0.4) is 0 Å². The molecule has 1 fully saturated rings. The molecule has 14 heavy (non-hydrogen) atoms. The first-order valence-electron chi connectivity index (χ1n) is 5.00. The Balaban J connectivity index is 2.31. The molecular weight excluding hydrogens is 262 g/mol. The molecule has 0 spiro atoms. The van der Waals surface area contributed by atoms with E-state index in [0.29, 0.717) is 5.92 Å². The largest absolute Gasteiger partial charge is 0.382 e. The molecule has 2 rings (SSSR count). The molecular formula is C10H14BrNOS. The Morgan fingerprint density at radius 2 is 2.57 bits per heavy atom. The number of nitrogens with zero attached hydrogens (tertiary/aromatic N) is 1. The van der Waals surface area contributed by atoms with Crippen molar-refractivity contribution in [2.75, 3.05) is 0 Å². The van der Waals surface area contributed by atoms with Crippen LogP contribution in [0, 0.1) is 5.92 Å². The highest BCUT2D eigenvalue weighted by Gasteiger charge is 2.43. The van der Waals surface area contributed by atoms with Crippen molar-refractivity contribution in [1.29, 1.82) is 0 Å². The monoisotopic (exact) mass is 275 g/mol. The Hall–Kier alpha value is 0.0700. The van der Waals surface area contributed by atoms with Crippen molar-refractivity contribution in [2.24, 2.45) is 5.92 Å². The maximum absolute atomic E-state index is 10.6. The summed E-state index contributed by atoms with van der Waals surface area (Å²) in [7, 11) is 0. The highest BCUT2D eigenvalue weighted by atomic mass is 79.9. The lowest BCUT2D eigenvalue weighted by Crippen LogP contribution is -2.29. The van der Waals surface area contributed by atoms with Crippen molar-refractivity contribution in [1.82, 2.24) is 4.98 Å². The third-order valence-electron chi connectivity index (χ3n) is 3.13. The number of aromatic nitrogens is 1. The molecule has 4 heteroatoms. The van der Waals surface area contributed by atoms with Gasteiger partial charge in [0.2, 0.25) is 0 Å². The predicted octanol–water partition coefficient (Wildman–Crippen LogP) is 3.30. The molecule has 1 aromatic rings. The molecule has 0 aromatic carbocycles. The topological polar surface area (TPSA) is 33.1 Å². The van der Waals surface area contributed by atoms with Crippen LogP contribution in [0.1, 0.15) is 37.6 Å². The Bertz CT molecular complexity index is 328. The van der Waals surface area contributed by atoms with Crippen LogP contribution in [0.2, 0.25) is 0 Å². The van der Waals surface area contributed by atoms with E-state index in [0.717, 1.165) is 35.3 Å².